The Balaban J connectivity index is 1.75. The second kappa shape index (κ2) is 10.9. The number of hydrogen-bond donors (Lipinski definition) is 1. The Morgan fingerprint density at radius 2 is 1.71 bits per heavy atom. The van der Waals surface area contributed by atoms with Crippen molar-refractivity contribution < 1.29 is 9.59 Å². The van der Waals surface area contributed by atoms with Gasteiger partial charge in [0.1, 0.15) is 5.56 Å². The Kier molecular flexibility index (Phi) is 7.68. The summed E-state index contributed by atoms with van der Waals surface area (Å²) < 4.78 is 2.16. The van der Waals surface area contributed by atoms with Crippen molar-refractivity contribution in [2.24, 2.45) is 0 Å². The van der Waals surface area contributed by atoms with Crippen LogP contribution in [-0.2, 0) is 0 Å². The molecule has 0 saturated heterocycles. The Morgan fingerprint density at radius 3 is 2.37 bits per heavy atom. The number of hydrogen-bond acceptors (Lipinski definition) is 3. The zero-order valence-electron chi connectivity index (χ0n) is 19.0. The number of nitrogens with zero attached hydrogens (tertiary/aromatic N) is 2. The van der Waals surface area contributed by atoms with Crippen LogP contribution in [0.1, 0.15) is 34.1 Å². The Morgan fingerprint density at radius 1 is 1.00 bits per heavy atom. The minimum atomic E-state index is -0.497. The Bertz CT molecular complexity index is 1410. The van der Waals surface area contributed by atoms with Gasteiger partial charge in [0.15, 0.2) is 5.78 Å². The molecule has 3 aromatic carbocycles. The van der Waals surface area contributed by atoms with Crippen molar-refractivity contribution in [3.8, 4) is 16.9 Å². The van der Waals surface area contributed by atoms with Gasteiger partial charge in [-0.25, -0.2) is 4.68 Å². The fraction of sp³-hybridized carbons (Fsp3) is 0.148. The van der Waals surface area contributed by atoms with Crippen molar-refractivity contribution in [1.29, 1.82) is 0 Å². The minimum absolute atomic E-state index is 0.000819. The van der Waals surface area contributed by atoms with E-state index in [1.54, 1.807) is 48.5 Å². The van der Waals surface area contributed by atoms with Crippen molar-refractivity contribution in [3.05, 3.63) is 110 Å². The predicted molar refractivity (Wildman–Crippen MR) is 142 cm³/mol. The molecule has 0 aliphatic rings. The zero-order chi connectivity index (χ0) is 24.9. The topological polar surface area (TPSA) is 75.2 Å². The molecule has 0 bridgehead atoms. The molecule has 6 nitrogen and oxygen atoms in total. The van der Waals surface area contributed by atoms with Crippen LogP contribution in [0.3, 0.4) is 0 Å². The van der Waals surface area contributed by atoms with E-state index in [2.05, 4.69) is 21.0 Å². The van der Waals surface area contributed by atoms with Crippen LogP contribution in [-0.4, -0.2) is 39.5 Å². The average Bonchev–Trinajstić information content (AvgIpc) is 3.21. The standard InChI is InChI=1S/C27H23BrClN3O3/c1-2-15-31(26(34)19-11-13-20(28)14-12-19)17-23(33)24-25(18-7-4-3-5-8-18)30-32(27(24)35)22-10-6-9-21(29)16-22/h3-14,16,30H,2,15,17H2,1H3. The third-order valence-corrected chi connectivity index (χ3v) is 6.27. The van der Waals surface area contributed by atoms with Crippen LogP contribution < -0.4 is 5.56 Å². The van der Waals surface area contributed by atoms with Gasteiger partial charge in [-0.05, 0) is 48.9 Å². The summed E-state index contributed by atoms with van der Waals surface area (Å²) >= 11 is 9.51. The molecule has 8 heteroatoms. The molecule has 0 unspecified atom stereocenters. The maximum Gasteiger partial charge on any atom is 0.282 e. The quantitative estimate of drug-likeness (QED) is 0.273. The lowest BCUT2D eigenvalue weighted by Crippen LogP contribution is -2.37. The lowest BCUT2D eigenvalue weighted by molar-refractivity contribution is 0.0709. The second-order valence-electron chi connectivity index (χ2n) is 8.01. The SMILES string of the molecule is CCCN(CC(=O)c1c(-c2ccccc2)[nH]n(-c2cccc(Cl)c2)c1=O)C(=O)c1ccc(Br)cc1. The number of rotatable bonds is 8. The van der Waals surface area contributed by atoms with Crippen LogP contribution >= 0.6 is 27.5 Å². The fourth-order valence-corrected chi connectivity index (χ4v) is 4.31. The van der Waals surface area contributed by atoms with E-state index in [9.17, 15) is 14.4 Å². The molecular formula is C27H23BrClN3O3. The summed E-state index contributed by atoms with van der Waals surface area (Å²) in [4.78, 5) is 41.7. The molecule has 0 spiro atoms. The Hall–Kier alpha value is -3.42. The van der Waals surface area contributed by atoms with E-state index in [4.69, 9.17) is 11.6 Å². The van der Waals surface area contributed by atoms with Crippen molar-refractivity contribution in [2.75, 3.05) is 13.1 Å². The highest BCUT2D eigenvalue weighted by Gasteiger charge is 2.26. The van der Waals surface area contributed by atoms with Gasteiger partial charge < -0.3 is 4.90 Å². The van der Waals surface area contributed by atoms with Crippen LogP contribution in [0.4, 0.5) is 0 Å². The number of carbonyl (C=O) groups excluding carboxylic acids is 2. The largest absolute Gasteiger partial charge is 0.331 e. The monoisotopic (exact) mass is 551 g/mol. The smallest absolute Gasteiger partial charge is 0.282 e. The fourth-order valence-electron chi connectivity index (χ4n) is 3.86. The first-order valence-electron chi connectivity index (χ1n) is 11.1. The molecule has 0 aliphatic heterocycles. The van der Waals surface area contributed by atoms with Crippen molar-refractivity contribution in [2.45, 2.75) is 13.3 Å². The summed E-state index contributed by atoms with van der Waals surface area (Å²) in [7, 11) is 0. The van der Waals surface area contributed by atoms with E-state index in [0.717, 1.165) is 4.47 Å². The zero-order valence-corrected chi connectivity index (χ0v) is 21.3. The molecule has 4 rings (SSSR count). The molecule has 0 fully saturated rings. The summed E-state index contributed by atoms with van der Waals surface area (Å²) in [5, 5.41) is 3.54. The molecule has 1 aromatic heterocycles. The molecule has 1 N–H and O–H groups in total. The first-order valence-corrected chi connectivity index (χ1v) is 12.3. The molecule has 1 amide bonds. The number of aromatic nitrogens is 2. The van der Waals surface area contributed by atoms with Gasteiger partial charge in [-0.15, -0.1) is 0 Å². The highest BCUT2D eigenvalue weighted by atomic mass is 79.9. The van der Waals surface area contributed by atoms with E-state index in [-0.39, 0.29) is 18.0 Å². The first kappa shape index (κ1) is 24.7. The molecule has 1 heterocycles. The highest BCUT2D eigenvalue weighted by molar-refractivity contribution is 9.10. The number of H-pyrrole nitrogens is 1. The minimum Gasteiger partial charge on any atom is -0.331 e. The van der Waals surface area contributed by atoms with Gasteiger partial charge in [-0.3, -0.25) is 19.5 Å². The van der Waals surface area contributed by atoms with E-state index >= 15 is 0 Å². The molecule has 0 saturated carbocycles. The predicted octanol–water partition coefficient (Wildman–Crippen LogP) is 5.98. The highest BCUT2D eigenvalue weighted by Crippen LogP contribution is 2.23. The molecule has 0 atom stereocenters. The maximum atomic E-state index is 13.6. The van der Waals surface area contributed by atoms with Crippen LogP contribution in [0.25, 0.3) is 16.9 Å². The normalized spacial score (nSPS) is 10.8. The van der Waals surface area contributed by atoms with E-state index in [1.165, 1.54) is 9.58 Å². The lowest BCUT2D eigenvalue weighted by atomic mass is 10.0. The number of benzene rings is 3. The molecule has 0 radical (unpaired) electrons. The van der Waals surface area contributed by atoms with Crippen molar-refractivity contribution in [3.63, 3.8) is 0 Å². The summed E-state index contributed by atoms with van der Waals surface area (Å²) in [6, 6.07) is 22.9. The number of halogens is 2. The number of ketones is 1. The van der Waals surface area contributed by atoms with Crippen LogP contribution in [0.15, 0.2) is 88.1 Å². The van der Waals surface area contributed by atoms with Crippen LogP contribution in [0.5, 0.6) is 0 Å². The average molecular weight is 553 g/mol. The molecular weight excluding hydrogens is 530 g/mol. The number of Topliss-reactive ketones (excluding diaryl/α,β-unsaturated/α-hetero) is 1. The van der Waals surface area contributed by atoms with Gasteiger partial charge in [0.2, 0.25) is 0 Å². The third kappa shape index (κ3) is 5.47. The summed E-state index contributed by atoms with van der Waals surface area (Å²) in [5.41, 5.74) is 1.57. The van der Waals surface area contributed by atoms with Crippen LogP contribution in [0, 0.1) is 0 Å². The molecule has 35 heavy (non-hydrogen) atoms. The number of carbonyl (C=O) groups is 2. The molecule has 4 aromatic rings. The first-order chi connectivity index (χ1) is 16.9. The number of aromatic amines is 1. The summed E-state index contributed by atoms with van der Waals surface area (Å²) in [5.74, 6) is -0.704. The summed E-state index contributed by atoms with van der Waals surface area (Å²) in [6.07, 6.45) is 0.668. The van der Waals surface area contributed by atoms with Gasteiger partial charge in [-0.2, -0.15) is 0 Å². The maximum absolute atomic E-state index is 13.6. The van der Waals surface area contributed by atoms with Gasteiger partial charge in [-0.1, -0.05) is 70.9 Å². The second-order valence-corrected chi connectivity index (χ2v) is 9.36. The van der Waals surface area contributed by atoms with E-state index < -0.39 is 11.3 Å². The van der Waals surface area contributed by atoms with Gasteiger partial charge in [0, 0.05) is 27.2 Å². The van der Waals surface area contributed by atoms with Gasteiger partial charge in [0.25, 0.3) is 11.5 Å². The van der Waals surface area contributed by atoms with Gasteiger partial charge in [0.05, 0.1) is 17.9 Å². The lowest BCUT2D eigenvalue weighted by Gasteiger charge is -2.21. The molecule has 0 aliphatic carbocycles. The van der Waals surface area contributed by atoms with Crippen LogP contribution in [0.2, 0.25) is 5.02 Å². The van der Waals surface area contributed by atoms with Crippen molar-refractivity contribution >= 4 is 39.2 Å². The van der Waals surface area contributed by atoms with E-state index in [0.29, 0.717) is 40.5 Å². The van der Waals surface area contributed by atoms with E-state index in [1.807, 2.05) is 37.3 Å². The number of amides is 1. The Labute approximate surface area is 216 Å². The van der Waals surface area contributed by atoms with Crippen molar-refractivity contribution in [1.82, 2.24) is 14.7 Å². The summed E-state index contributed by atoms with van der Waals surface area (Å²) in [6.45, 7) is 2.10. The van der Waals surface area contributed by atoms with Gasteiger partial charge >= 0.3 is 0 Å². The third-order valence-electron chi connectivity index (χ3n) is 5.50. The molecule has 178 valence electrons. The number of nitrogens with one attached hydrogen (secondary N) is 1.